The van der Waals surface area contributed by atoms with Gasteiger partial charge in [-0.3, -0.25) is 4.79 Å². The number of amides is 1. The fourth-order valence-electron chi connectivity index (χ4n) is 1.05. The lowest BCUT2D eigenvalue weighted by molar-refractivity contribution is -0.129. The molecule has 0 unspecified atom stereocenters. The summed E-state index contributed by atoms with van der Waals surface area (Å²) in [5.41, 5.74) is -0.584. The summed E-state index contributed by atoms with van der Waals surface area (Å²) >= 11 is 17.5. The van der Waals surface area contributed by atoms with Gasteiger partial charge >= 0.3 is 0 Å². The van der Waals surface area contributed by atoms with E-state index in [1.807, 2.05) is 0 Å². The first-order valence-corrected chi connectivity index (χ1v) is 6.42. The monoisotopic (exact) mass is 312 g/mol. The van der Waals surface area contributed by atoms with Gasteiger partial charge in [-0.05, 0) is 6.07 Å². The normalized spacial score (nSPS) is 14.1. The van der Waals surface area contributed by atoms with Crippen LogP contribution in [0.25, 0.3) is 0 Å². The van der Waals surface area contributed by atoms with Crippen molar-refractivity contribution in [3.63, 3.8) is 0 Å². The minimum atomic E-state index is -1.70. The maximum atomic E-state index is 11.9. The van der Waals surface area contributed by atoms with E-state index in [1.54, 1.807) is 32.9 Å². The highest BCUT2D eigenvalue weighted by Crippen LogP contribution is 2.31. The molecule has 7 heteroatoms. The first-order chi connectivity index (χ1) is 8.10. The van der Waals surface area contributed by atoms with Crippen molar-refractivity contribution in [2.24, 2.45) is 5.41 Å². The zero-order chi connectivity index (χ0) is 14.0. The lowest BCUT2D eigenvalue weighted by Gasteiger charge is -2.29. The van der Waals surface area contributed by atoms with Gasteiger partial charge in [0.15, 0.2) is 5.88 Å². The molecule has 0 aromatic carbocycles. The summed E-state index contributed by atoms with van der Waals surface area (Å²) in [5.74, 6) is 0.165. The van der Waals surface area contributed by atoms with Crippen LogP contribution < -0.4 is 10.6 Å². The Kier molecular flexibility index (Phi) is 4.81. The van der Waals surface area contributed by atoms with E-state index >= 15 is 0 Å². The van der Waals surface area contributed by atoms with E-state index in [4.69, 9.17) is 39.2 Å². The van der Waals surface area contributed by atoms with Crippen molar-refractivity contribution in [1.82, 2.24) is 5.32 Å². The van der Waals surface area contributed by atoms with Crippen LogP contribution in [0.2, 0.25) is 0 Å². The van der Waals surface area contributed by atoms with Crippen molar-refractivity contribution in [3.8, 4) is 0 Å². The van der Waals surface area contributed by atoms with Crippen LogP contribution in [-0.2, 0) is 4.79 Å². The first-order valence-electron chi connectivity index (χ1n) is 5.28. The van der Waals surface area contributed by atoms with E-state index in [9.17, 15) is 4.79 Å². The lowest BCUT2D eigenvalue weighted by Crippen LogP contribution is -2.52. The van der Waals surface area contributed by atoms with Crippen LogP contribution in [-0.4, -0.2) is 15.9 Å². The number of halogens is 3. The molecule has 1 aromatic rings. The summed E-state index contributed by atoms with van der Waals surface area (Å²) in [6.45, 7) is 5.31. The Morgan fingerprint density at radius 2 is 1.94 bits per heavy atom. The van der Waals surface area contributed by atoms with Crippen molar-refractivity contribution in [3.05, 3.63) is 18.4 Å². The summed E-state index contributed by atoms with van der Waals surface area (Å²) in [7, 11) is 0. The molecule has 0 radical (unpaired) electrons. The molecular weight excluding hydrogens is 298 g/mol. The zero-order valence-electron chi connectivity index (χ0n) is 10.3. The predicted octanol–water partition coefficient (Wildman–Crippen LogP) is 3.55. The summed E-state index contributed by atoms with van der Waals surface area (Å²) in [6, 6.07) is 3.34. The maximum absolute atomic E-state index is 11.9. The SMILES string of the molecule is CC(C)(C)C(=O)N[C@H](Nc1ccco1)C(Cl)(Cl)Cl. The van der Waals surface area contributed by atoms with Gasteiger partial charge in [-0.2, -0.15) is 0 Å². The van der Waals surface area contributed by atoms with Crippen LogP contribution in [0.4, 0.5) is 5.88 Å². The van der Waals surface area contributed by atoms with E-state index in [-0.39, 0.29) is 5.91 Å². The van der Waals surface area contributed by atoms with Gasteiger partial charge < -0.3 is 15.1 Å². The third-order valence-corrected chi connectivity index (χ3v) is 2.75. The average molecular weight is 314 g/mol. The third kappa shape index (κ3) is 4.59. The second-order valence-electron chi connectivity index (χ2n) is 4.82. The van der Waals surface area contributed by atoms with Crippen LogP contribution in [0.1, 0.15) is 20.8 Å². The number of carbonyl (C=O) groups is 1. The quantitative estimate of drug-likeness (QED) is 0.663. The van der Waals surface area contributed by atoms with Gasteiger partial charge in [0, 0.05) is 11.5 Å². The molecule has 18 heavy (non-hydrogen) atoms. The minimum absolute atomic E-state index is 0.238. The molecule has 0 spiro atoms. The number of hydrogen-bond donors (Lipinski definition) is 2. The van der Waals surface area contributed by atoms with Gasteiger partial charge in [0.1, 0.15) is 6.17 Å². The molecule has 1 atom stereocenters. The van der Waals surface area contributed by atoms with Crippen LogP contribution in [0.15, 0.2) is 22.8 Å². The largest absolute Gasteiger partial charge is 0.449 e. The van der Waals surface area contributed by atoms with Crippen LogP contribution >= 0.6 is 34.8 Å². The van der Waals surface area contributed by atoms with Crippen molar-refractivity contribution in [2.75, 3.05) is 5.32 Å². The molecule has 0 saturated carbocycles. The molecule has 1 heterocycles. The van der Waals surface area contributed by atoms with Crippen LogP contribution in [0.5, 0.6) is 0 Å². The molecule has 0 aliphatic heterocycles. The fourth-order valence-corrected chi connectivity index (χ4v) is 1.38. The number of rotatable bonds is 3. The highest BCUT2D eigenvalue weighted by atomic mass is 35.6. The topological polar surface area (TPSA) is 54.3 Å². The summed E-state index contributed by atoms with van der Waals surface area (Å²) in [4.78, 5) is 11.9. The predicted molar refractivity (Wildman–Crippen MR) is 74.0 cm³/mol. The van der Waals surface area contributed by atoms with Gasteiger partial charge in [0.05, 0.1) is 6.26 Å². The van der Waals surface area contributed by atoms with E-state index in [0.717, 1.165) is 0 Å². The Morgan fingerprint density at radius 1 is 1.33 bits per heavy atom. The molecule has 0 aliphatic rings. The van der Waals surface area contributed by atoms with Crippen LogP contribution in [0, 0.1) is 5.41 Å². The standard InChI is InChI=1S/C11H15Cl3N2O2/c1-10(2,3)9(17)16-8(11(12,13)14)15-7-5-4-6-18-7/h4-6,8,15H,1-3H3,(H,16,17)/t8-/m0/s1. The van der Waals surface area contributed by atoms with Gasteiger partial charge in [-0.25, -0.2) is 0 Å². The zero-order valence-corrected chi connectivity index (χ0v) is 12.5. The Bertz CT molecular complexity index is 393. The minimum Gasteiger partial charge on any atom is -0.449 e. The summed E-state index contributed by atoms with van der Waals surface area (Å²) in [6.07, 6.45) is 0.587. The second kappa shape index (κ2) is 5.59. The van der Waals surface area contributed by atoms with Crippen molar-refractivity contribution in [1.29, 1.82) is 0 Å². The molecule has 1 aromatic heterocycles. The molecule has 2 N–H and O–H groups in total. The van der Waals surface area contributed by atoms with Crippen LogP contribution in [0.3, 0.4) is 0 Å². The number of nitrogens with one attached hydrogen (secondary N) is 2. The molecule has 0 aliphatic carbocycles. The van der Waals surface area contributed by atoms with Crippen molar-refractivity contribution in [2.45, 2.75) is 30.7 Å². The number of carbonyl (C=O) groups excluding carboxylic acids is 1. The molecule has 0 saturated heterocycles. The molecule has 1 amide bonds. The number of alkyl halides is 3. The molecule has 102 valence electrons. The summed E-state index contributed by atoms with van der Waals surface area (Å²) < 4.78 is 3.39. The van der Waals surface area contributed by atoms with E-state index in [2.05, 4.69) is 10.6 Å². The highest BCUT2D eigenvalue weighted by Gasteiger charge is 2.36. The molecule has 4 nitrogen and oxygen atoms in total. The van der Waals surface area contributed by atoms with Gasteiger partial charge in [0.25, 0.3) is 0 Å². The van der Waals surface area contributed by atoms with E-state index < -0.39 is 15.4 Å². The average Bonchev–Trinajstić information content (AvgIpc) is 2.66. The number of hydrogen-bond acceptors (Lipinski definition) is 3. The number of anilines is 1. The van der Waals surface area contributed by atoms with E-state index in [1.165, 1.54) is 6.26 Å². The van der Waals surface area contributed by atoms with E-state index in [0.29, 0.717) is 5.88 Å². The van der Waals surface area contributed by atoms with Crippen molar-refractivity contribution < 1.29 is 9.21 Å². The Balaban J connectivity index is 2.78. The van der Waals surface area contributed by atoms with Gasteiger partial charge in [0.2, 0.25) is 9.70 Å². The van der Waals surface area contributed by atoms with Gasteiger partial charge in [-0.15, -0.1) is 0 Å². The van der Waals surface area contributed by atoms with Gasteiger partial charge in [-0.1, -0.05) is 55.6 Å². The Morgan fingerprint density at radius 3 is 2.33 bits per heavy atom. The molecule has 0 fully saturated rings. The smallest absolute Gasteiger partial charge is 0.228 e. The third-order valence-electron chi connectivity index (χ3n) is 2.09. The second-order valence-corrected chi connectivity index (χ2v) is 7.19. The van der Waals surface area contributed by atoms with Crippen molar-refractivity contribution >= 4 is 46.6 Å². The molecule has 1 rings (SSSR count). The molecular formula is C11H15Cl3N2O2. The lowest BCUT2D eigenvalue weighted by atomic mass is 9.95. The highest BCUT2D eigenvalue weighted by molar-refractivity contribution is 6.68. The number of furan rings is 1. The first kappa shape index (κ1) is 15.5. The summed E-state index contributed by atoms with van der Waals surface area (Å²) in [5, 5.41) is 5.44. The fraction of sp³-hybridized carbons (Fsp3) is 0.545. The Labute approximate surface area is 121 Å². The Hall–Kier alpha value is -0.580. The maximum Gasteiger partial charge on any atom is 0.228 e. The molecule has 0 bridgehead atoms.